The first-order valence-electron chi connectivity index (χ1n) is 9.85. The predicted octanol–water partition coefficient (Wildman–Crippen LogP) is 4.59. The molecule has 0 aliphatic rings. The molecule has 0 aliphatic carbocycles. The van der Waals surface area contributed by atoms with Crippen LogP contribution in [-0.2, 0) is 0 Å². The summed E-state index contributed by atoms with van der Waals surface area (Å²) in [7, 11) is 1.41. The summed E-state index contributed by atoms with van der Waals surface area (Å²) in [4.78, 5) is 28.1. The number of carbonyl (C=O) groups excluding carboxylic acids is 1. The zero-order chi connectivity index (χ0) is 22.7. The summed E-state index contributed by atoms with van der Waals surface area (Å²) >= 11 is 0. The van der Waals surface area contributed by atoms with E-state index in [-0.39, 0.29) is 22.7 Å². The number of ether oxygens (including phenoxy) is 2. The summed E-state index contributed by atoms with van der Waals surface area (Å²) in [6.07, 6.45) is 1.73. The molecule has 0 saturated heterocycles. The van der Waals surface area contributed by atoms with E-state index in [0.717, 1.165) is 16.7 Å². The van der Waals surface area contributed by atoms with Gasteiger partial charge in [-0.1, -0.05) is 12.1 Å². The number of methoxy groups -OCH3 is 1. The van der Waals surface area contributed by atoms with Crippen molar-refractivity contribution in [1.82, 2.24) is 9.55 Å². The Morgan fingerprint density at radius 3 is 2.56 bits per heavy atom. The average Bonchev–Trinajstić information content (AvgIpc) is 3.23. The third kappa shape index (κ3) is 3.95. The van der Waals surface area contributed by atoms with Crippen LogP contribution in [0.3, 0.4) is 0 Å². The highest BCUT2D eigenvalue weighted by atomic mass is 16.6. The van der Waals surface area contributed by atoms with E-state index in [0.29, 0.717) is 12.3 Å². The Morgan fingerprint density at radius 2 is 1.88 bits per heavy atom. The van der Waals surface area contributed by atoms with Gasteiger partial charge in [-0.3, -0.25) is 19.5 Å². The number of benzene rings is 3. The molecule has 9 nitrogen and oxygen atoms in total. The van der Waals surface area contributed by atoms with Crippen molar-refractivity contribution < 1.29 is 19.2 Å². The monoisotopic (exact) mass is 432 g/mol. The van der Waals surface area contributed by atoms with Crippen LogP contribution >= 0.6 is 0 Å². The molecule has 0 unspecified atom stereocenters. The number of hydrogen-bond acceptors (Lipinski definition) is 6. The molecular formula is C23H20N4O5. The number of para-hydroxylation sites is 2. The first-order valence-corrected chi connectivity index (χ1v) is 9.85. The SMILES string of the molecule is CCOc1cc([N+](=O)[O-])c(C(=O)Nc2ccc(-n3cnc4ccccc43)cc2)cc1OC. The number of carbonyl (C=O) groups is 1. The standard InChI is InChI=1S/C23H20N4O5/c1-3-32-22-13-20(27(29)30)17(12-21(22)31-2)23(28)25-15-8-10-16(11-9-15)26-14-24-18-6-4-5-7-19(18)26/h4-14H,3H2,1-2H3,(H,25,28). The van der Waals surface area contributed by atoms with Gasteiger partial charge in [0, 0.05) is 17.4 Å². The van der Waals surface area contributed by atoms with Crippen molar-refractivity contribution in [1.29, 1.82) is 0 Å². The Bertz CT molecular complexity index is 1300. The summed E-state index contributed by atoms with van der Waals surface area (Å²) in [5.41, 5.74) is 2.70. The second kappa shape index (κ2) is 8.76. The van der Waals surface area contributed by atoms with Gasteiger partial charge < -0.3 is 14.8 Å². The fraction of sp³-hybridized carbons (Fsp3) is 0.130. The van der Waals surface area contributed by atoms with E-state index >= 15 is 0 Å². The lowest BCUT2D eigenvalue weighted by Gasteiger charge is -2.12. The third-order valence-corrected chi connectivity index (χ3v) is 4.88. The number of anilines is 1. The van der Waals surface area contributed by atoms with Gasteiger partial charge >= 0.3 is 0 Å². The molecule has 1 heterocycles. The maximum absolute atomic E-state index is 12.8. The molecule has 1 aromatic heterocycles. The van der Waals surface area contributed by atoms with E-state index in [1.54, 1.807) is 25.4 Å². The van der Waals surface area contributed by atoms with Gasteiger partial charge in [-0.25, -0.2) is 4.98 Å². The fourth-order valence-corrected chi connectivity index (χ4v) is 3.38. The first kappa shape index (κ1) is 20.9. The van der Waals surface area contributed by atoms with Crippen molar-refractivity contribution in [3.8, 4) is 17.2 Å². The minimum Gasteiger partial charge on any atom is -0.493 e. The molecule has 0 aliphatic heterocycles. The lowest BCUT2D eigenvalue weighted by molar-refractivity contribution is -0.385. The van der Waals surface area contributed by atoms with Crippen LogP contribution in [0, 0.1) is 10.1 Å². The molecule has 0 bridgehead atoms. The van der Waals surface area contributed by atoms with Crippen LogP contribution in [0.5, 0.6) is 11.5 Å². The van der Waals surface area contributed by atoms with Crippen LogP contribution in [0.15, 0.2) is 67.0 Å². The van der Waals surface area contributed by atoms with Crippen molar-refractivity contribution in [2.75, 3.05) is 19.0 Å². The van der Waals surface area contributed by atoms with Crippen LogP contribution < -0.4 is 14.8 Å². The summed E-state index contributed by atoms with van der Waals surface area (Å²) in [5.74, 6) is -0.182. The van der Waals surface area contributed by atoms with E-state index in [1.165, 1.54) is 19.2 Å². The molecule has 3 aromatic carbocycles. The van der Waals surface area contributed by atoms with Crippen LogP contribution in [0.2, 0.25) is 0 Å². The molecule has 0 spiro atoms. The number of nitro benzene ring substituents is 1. The Balaban J connectivity index is 1.61. The molecule has 4 aromatic rings. The van der Waals surface area contributed by atoms with E-state index in [1.807, 2.05) is 41.0 Å². The van der Waals surface area contributed by atoms with Crippen LogP contribution in [-0.4, -0.2) is 34.1 Å². The zero-order valence-electron chi connectivity index (χ0n) is 17.4. The molecule has 1 amide bonds. The second-order valence-corrected chi connectivity index (χ2v) is 6.81. The van der Waals surface area contributed by atoms with Crippen LogP contribution in [0.25, 0.3) is 16.7 Å². The molecule has 162 valence electrons. The molecule has 4 rings (SSSR count). The Morgan fingerprint density at radius 1 is 1.12 bits per heavy atom. The van der Waals surface area contributed by atoms with Crippen LogP contribution in [0.1, 0.15) is 17.3 Å². The number of fused-ring (bicyclic) bond motifs is 1. The van der Waals surface area contributed by atoms with E-state index < -0.39 is 10.8 Å². The Kier molecular flexibility index (Phi) is 5.71. The minimum atomic E-state index is -0.626. The summed E-state index contributed by atoms with van der Waals surface area (Å²) in [5, 5.41) is 14.2. The average molecular weight is 432 g/mol. The molecule has 9 heteroatoms. The number of imidazole rings is 1. The van der Waals surface area contributed by atoms with Gasteiger partial charge in [-0.15, -0.1) is 0 Å². The smallest absolute Gasteiger partial charge is 0.286 e. The molecule has 32 heavy (non-hydrogen) atoms. The van der Waals surface area contributed by atoms with Crippen LogP contribution in [0.4, 0.5) is 11.4 Å². The highest BCUT2D eigenvalue weighted by Gasteiger charge is 2.25. The van der Waals surface area contributed by atoms with Crippen molar-refractivity contribution in [2.24, 2.45) is 0 Å². The maximum atomic E-state index is 12.8. The number of hydrogen-bond donors (Lipinski definition) is 1. The van der Waals surface area contributed by atoms with E-state index in [9.17, 15) is 14.9 Å². The highest BCUT2D eigenvalue weighted by Crippen LogP contribution is 2.35. The molecule has 0 fully saturated rings. The number of aromatic nitrogens is 2. The van der Waals surface area contributed by atoms with Crippen molar-refractivity contribution in [3.63, 3.8) is 0 Å². The quantitative estimate of drug-likeness (QED) is 0.338. The van der Waals surface area contributed by atoms with Gasteiger partial charge in [0.05, 0.1) is 35.7 Å². The lowest BCUT2D eigenvalue weighted by Crippen LogP contribution is -2.14. The number of nitro groups is 1. The molecular weight excluding hydrogens is 412 g/mol. The fourth-order valence-electron chi connectivity index (χ4n) is 3.38. The molecule has 0 atom stereocenters. The molecule has 1 N–H and O–H groups in total. The van der Waals surface area contributed by atoms with Gasteiger partial charge in [0.15, 0.2) is 11.5 Å². The number of rotatable bonds is 7. The Hall–Kier alpha value is -4.40. The number of nitrogens with one attached hydrogen (secondary N) is 1. The Labute approximate surface area is 183 Å². The highest BCUT2D eigenvalue weighted by molar-refractivity contribution is 6.07. The van der Waals surface area contributed by atoms with Gasteiger partial charge in [0.1, 0.15) is 11.9 Å². The van der Waals surface area contributed by atoms with Gasteiger partial charge in [-0.05, 0) is 43.3 Å². The summed E-state index contributed by atoms with van der Waals surface area (Å²) in [6, 6.07) is 17.4. The van der Waals surface area contributed by atoms with Gasteiger partial charge in [0.2, 0.25) is 0 Å². The molecule has 0 saturated carbocycles. The number of amides is 1. The maximum Gasteiger partial charge on any atom is 0.286 e. The predicted molar refractivity (Wildman–Crippen MR) is 120 cm³/mol. The van der Waals surface area contributed by atoms with Crippen molar-refractivity contribution in [2.45, 2.75) is 6.92 Å². The van der Waals surface area contributed by atoms with Crippen molar-refractivity contribution >= 4 is 28.3 Å². The topological polar surface area (TPSA) is 109 Å². The van der Waals surface area contributed by atoms with E-state index in [4.69, 9.17) is 9.47 Å². The largest absolute Gasteiger partial charge is 0.493 e. The lowest BCUT2D eigenvalue weighted by atomic mass is 10.1. The number of nitrogens with zero attached hydrogens (tertiary/aromatic N) is 3. The first-order chi connectivity index (χ1) is 15.5. The summed E-state index contributed by atoms with van der Waals surface area (Å²) < 4.78 is 12.5. The van der Waals surface area contributed by atoms with Gasteiger partial charge in [0.25, 0.3) is 11.6 Å². The minimum absolute atomic E-state index is 0.125. The summed E-state index contributed by atoms with van der Waals surface area (Å²) in [6.45, 7) is 2.06. The third-order valence-electron chi connectivity index (χ3n) is 4.88. The molecule has 0 radical (unpaired) electrons. The van der Waals surface area contributed by atoms with Gasteiger partial charge in [-0.2, -0.15) is 0 Å². The second-order valence-electron chi connectivity index (χ2n) is 6.81. The van der Waals surface area contributed by atoms with Crippen molar-refractivity contribution in [3.05, 3.63) is 82.7 Å². The zero-order valence-corrected chi connectivity index (χ0v) is 17.4. The normalized spacial score (nSPS) is 10.7. The van der Waals surface area contributed by atoms with E-state index in [2.05, 4.69) is 10.3 Å².